The van der Waals surface area contributed by atoms with E-state index in [2.05, 4.69) is 22.5 Å². The first-order valence-electron chi connectivity index (χ1n) is 5.82. The number of aryl methyl sites for hydroxylation is 1. The van der Waals surface area contributed by atoms with E-state index in [0.29, 0.717) is 6.54 Å². The summed E-state index contributed by atoms with van der Waals surface area (Å²) < 4.78 is 0. The maximum atomic E-state index is 11.5. The normalized spacial score (nSPS) is 13.2. The fourth-order valence-corrected chi connectivity index (χ4v) is 1.89. The molecule has 90 valence electrons. The van der Waals surface area contributed by atoms with Crippen molar-refractivity contribution >= 4 is 17.4 Å². The number of hydrogen-bond acceptors (Lipinski definition) is 2. The molecular formula is C13H17N3O. The Bertz CT molecular complexity index is 429. The van der Waals surface area contributed by atoms with Gasteiger partial charge in [-0.1, -0.05) is 6.08 Å². The molecule has 4 heteroatoms. The zero-order valence-corrected chi connectivity index (χ0v) is 9.75. The highest BCUT2D eigenvalue weighted by Crippen LogP contribution is 2.24. The maximum absolute atomic E-state index is 11.5. The Morgan fingerprint density at radius 3 is 3.24 bits per heavy atom. The van der Waals surface area contributed by atoms with Gasteiger partial charge in [0.25, 0.3) is 0 Å². The third kappa shape index (κ3) is 3.00. The van der Waals surface area contributed by atoms with Crippen molar-refractivity contribution in [3.05, 3.63) is 36.4 Å². The molecule has 0 aromatic heterocycles. The molecule has 1 heterocycles. The summed E-state index contributed by atoms with van der Waals surface area (Å²) in [6.45, 7) is 5.04. The monoisotopic (exact) mass is 231 g/mol. The SMILES string of the molecule is C=CCNC(=O)Nc1ccc2c(c1)CCCN2. The number of anilines is 2. The standard InChI is InChI=1S/C13H17N3O/c1-2-7-15-13(17)16-11-5-6-12-10(9-11)4-3-8-14-12/h2,5-6,9,14H,1,3-4,7-8H2,(H2,15,16,17). The molecular weight excluding hydrogens is 214 g/mol. The van der Waals surface area contributed by atoms with Crippen molar-refractivity contribution in [1.82, 2.24) is 5.32 Å². The fourth-order valence-electron chi connectivity index (χ4n) is 1.89. The van der Waals surface area contributed by atoms with Crippen LogP contribution in [0.5, 0.6) is 0 Å². The van der Waals surface area contributed by atoms with E-state index >= 15 is 0 Å². The number of amides is 2. The van der Waals surface area contributed by atoms with Gasteiger partial charge in [-0.3, -0.25) is 0 Å². The zero-order valence-electron chi connectivity index (χ0n) is 9.75. The molecule has 0 unspecified atom stereocenters. The van der Waals surface area contributed by atoms with Crippen LogP contribution in [0.1, 0.15) is 12.0 Å². The van der Waals surface area contributed by atoms with E-state index in [-0.39, 0.29) is 6.03 Å². The van der Waals surface area contributed by atoms with Crippen molar-refractivity contribution < 1.29 is 4.79 Å². The lowest BCUT2D eigenvalue weighted by Crippen LogP contribution is -2.28. The number of rotatable bonds is 3. The Morgan fingerprint density at radius 1 is 1.53 bits per heavy atom. The average Bonchev–Trinajstić information content (AvgIpc) is 2.36. The van der Waals surface area contributed by atoms with Gasteiger partial charge in [-0.05, 0) is 36.6 Å². The van der Waals surface area contributed by atoms with Crippen LogP contribution in [-0.4, -0.2) is 19.1 Å². The van der Waals surface area contributed by atoms with Gasteiger partial charge in [-0.25, -0.2) is 4.79 Å². The number of hydrogen-bond donors (Lipinski definition) is 3. The van der Waals surface area contributed by atoms with Crippen molar-refractivity contribution in [2.24, 2.45) is 0 Å². The van der Waals surface area contributed by atoms with E-state index in [4.69, 9.17) is 0 Å². The van der Waals surface area contributed by atoms with Gasteiger partial charge in [-0.15, -0.1) is 6.58 Å². The molecule has 1 aliphatic heterocycles. The number of carbonyl (C=O) groups excluding carboxylic acids is 1. The van der Waals surface area contributed by atoms with Crippen molar-refractivity contribution in [3.8, 4) is 0 Å². The smallest absolute Gasteiger partial charge is 0.319 e. The molecule has 1 aromatic rings. The van der Waals surface area contributed by atoms with Crippen molar-refractivity contribution in [2.45, 2.75) is 12.8 Å². The lowest BCUT2D eigenvalue weighted by molar-refractivity contribution is 0.253. The minimum Gasteiger partial charge on any atom is -0.385 e. The van der Waals surface area contributed by atoms with Crippen LogP contribution >= 0.6 is 0 Å². The van der Waals surface area contributed by atoms with Crippen LogP contribution in [-0.2, 0) is 6.42 Å². The number of benzene rings is 1. The second-order valence-corrected chi connectivity index (χ2v) is 4.03. The Hall–Kier alpha value is -1.97. The highest BCUT2D eigenvalue weighted by Gasteiger charge is 2.09. The molecule has 0 fully saturated rings. The molecule has 3 N–H and O–H groups in total. The summed E-state index contributed by atoms with van der Waals surface area (Å²) in [5, 5.41) is 8.81. The first kappa shape index (κ1) is 11.5. The van der Waals surface area contributed by atoms with Gasteiger partial charge < -0.3 is 16.0 Å². The van der Waals surface area contributed by atoms with Gasteiger partial charge in [0.2, 0.25) is 0 Å². The quantitative estimate of drug-likeness (QED) is 0.699. The van der Waals surface area contributed by atoms with E-state index in [0.717, 1.165) is 25.1 Å². The molecule has 0 spiro atoms. The molecule has 2 rings (SSSR count). The molecule has 17 heavy (non-hydrogen) atoms. The van der Waals surface area contributed by atoms with Crippen LogP contribution in [0.15, 0.2) is 30.9 Å². The second kappa shape index (κ2) is 5.39. The first-order chi connectivity index (χ1) is 8.29. The Balaban J connectivity index is 2.01. The van der Waals surface area contributed by atoms with Crippen LogP contribution in [0, 0.1) is 0 Å². The number of carbonyl (C=O) groups is 1. The van der Waals surface area contributed by atoms with Gasteiger partial charge >= 0.3 is 6.03 Å². The summed E-state index contributed by atoms with van der Waals surface area (Å²) in [5.41, 5.74) is 3.26. The summed E-state index contributed by atoms with van der Waals surface area (Å²) in [4.78, 5) is 11.5. The van der Waals surface area contributed by atoms with Crippen molar-refractivity contribution in [1.29, 1.82) is 0 Å². The topological polar surface area (TPSA) is 53.2 Å². The highest BCUT2D eigenvalue weighted by molar-refractivity contribution is 5.89. The highest BCUT2D eigenvalue weighted by atomic mass is 16.2. The summed E-state index contributed by atoms with van der Waals surface area (Å²) in [5.74, 6) is 0. The molecule has 0 bridgehead atoms. The summed E-state index contributed by atoms with van der Waals surface area (Å²) in [7, 11) is 0. The van der Waals surface area contributed by atoms with Gasteiger partial charge in [0.05, 0.1) is 0 Å². The molecule has 0 saturated heterocycles. The Labute approximate surface area is 101 Å². The van der Waals surface area contributed by atoms with Crippen LogP contribution in [0.3, 0.4) is 0 Å². The molecule has 0 radical (unpaired) electrons. The molecule has 1 aromatic carbocycles. The van der Waals surface area contributed by atoms with Crippen LogP contribution < -0.4 is 16.0 Å². The minimum absolute atomic E-state index is 0.200. The molecule has 0 atom stereocenters. The summed E-state index contributed by atoms with van der Waals surface area (Å²) in [6, 6.07) is 5.74. The molecule has 4 nitrogen and oxygen atoms in total. The van der Waals surface area contributed by atoms with Crippen molar-refractivity contribution in [2.75, 3.05) is 23.7 Å². The lowest BCUT2D eigenvalue weighted by Gasteiger charge is -2.18. The maximum Gasteiger partial charge on any atom is 0.319 e. The number of urea groups is 1. The fraction of sp³-hybridized carbons (Fsp3) is 0.308. The lowest BCUT2D eigenvalue weighted by atomic mass is 10.0. The van der Waals surface area contributed by atoms with Gasteiger partial charge in [0.15, 0.2) is 0 Å². The van der Waals surface area contributed by atoms with E-state index in [1.807, 2.05) is 18.2 Å². The van der Waals surface area contributed by atoms with Crippen LogP contribution in [0.4, 0.5) is 16.2 Å². The Kier molecular flexibility index (Phi) is 3.65. The summed E-state index contributed by atoms with van der Waals surface area (Å²) >= 11 is 0. The van der Waals surface area contributed by atoms with E-state index in [1.165, 1.54) is 11.3 Å². The first-order valence-corrected chi connectivity index (χ1v) is 5.82. The predicted octanol–water partition coefficient (Wildman–Crippen LogP) is 2.35. The third-order valence-electron chi connectivity index (χ3n) is 2.71. The average molecular weight is 231 g/mol. The minimum atomic E-state index is -0.200. The van der Waals surface area contributed by atoms with Gasteiger partial charge in [0.1, 0.15) is 0 Å². The number of nitrogens with one attached hydrogen (secondary N) is 3. The number of fused-ring (bicyclic) bond motifs is 1. The molecule has 0 saturated carbocycles. The van der Waals surface area contributed by atoms with Gasteiger partial charge in [0, 0.05) is 24.5 Å². The Morgan fingerprint density at radius 2 is 2.41 bits per heavy atom. The van der Waals surface area contributed by atoms with E-state index in [9.17, 15) is 4.79 Å². The van der Waals surface area contributed by atoms with Crippen molar-refractivity contribution in [3.63, 3.8) is 0 Å². The predicted molar refractivity (Wildman–Crippen MR) is 70.5 cm³/mol. The van der Waals surface area contributed by atoms with E-state index < -0.39 is 0 Å². The molecule has 1 aliphatic rings. The second-order valence-electron chi connectivity index (χ2n) is 4.03. The summed E-state index contributed by atoms with van der Waals surface area (Å²) in [6.07, 6.45) is 3.85. The van der Waals surface area contributed by atoms with E-state index in [1.54, 1.807) is 6.08 Å². The molecule has 2 amide bonds. The molecule has 0 aliphatic carbocycles. The third-order valence-corrected chi connectivity index (χ3v) is 2.71. The van der Waals surface area contributed by atoms with Crippen LogP contribution in [0.2, 0.25) is 0 Å². The van der Waals surface area contributed by atoms with Gasteiger partial charge in [-0.2, -0.15) is 0 Å². The zero-order chi connectivity index (χ0) is 12.1. The van der Waals surface area contributed by atoms with Crippen LogP contribution in [0.25, 0.3) is 0 Å². The largest absolute Gasteiger partial charge is 0.385 e.